The number of rotatable bonds is 0. The molecule has 0 aliphatic rings. The monoisotopic (exact) mass is 76.0 g/mol. The molecule has 0 spiro atoms. The molecule has 0 saturated carbocycles. The van der Waals surface area contributed by atoms with Crippen molar-refractivity contribution in [1.82, 2.24) is 0 Å². The molecule has 0 radical (unpaired) electrons. The van der Waals surface area contributed by atoms with Crippen LogP contribution in [0.4, 0.5) is 0 Å². The van der Waals surface area contributed by atoms with Crippen molar-refractivity contribution < 1.29 is 29.6 Å². The van der Waals surface area contributed by atoms with E-state index in [9.17, 15) is 0 Å². The molecular weight excluding hydrogens is 71.0 g/mol. The first-order valence-electron chi connectivity index (χ1n) is 1.15. The summed E-state index contributed by atoms with van der Waals surface area (Å²) in [5, 5.41) is 0. The predicted octanol–water partition coefficient (Wildman–Crippen LogP) is -1.85. The minimum absolute atomic E-state index is 0. The summed E-state index contributed by atoms with van der Waals surface area (Å²) in [6, 6.07) is 0. The van der Waals surface area contributed by atoms with Crippen LogP contribution in [0.15, 0.2) is 11.8 Å². The Kier molecular flexibility index (Phi) is 16.1. The van der Waals surface area contributed by atoms with E-state index >= 15 is 0 Å². The quantitative estimate of drug-likeness (QED) is 0.180. The van der Waals surface area contributed by atoms with E-state index in [-0.39, 0.29) is 29.6 Å². The zero-order valence-electron chi connectivity index (χ0n) is 3.65. The van der Waals surface area contributed by atoms with Gasteiger partial charge in [0.2, 0.25) is 0 Å². The fraction of sp³-hybridized carbons (Fsp3) is 0.250. The van der Waals surface area contributed by atoms with Gasteiger partial charge in [0.1, 0.15) is 0 Å². The van der Waals surface area contributed by atoms with Crippen molar-refractivity contribution >= 4 is 0 Å². The van der Waals surface area contributed by atoms with Crippen molar-refractivity contribution in [3.63, 3.8) is 0 Å². The second-order valence-corrected chi connectivity index (χ2v) is 0.455. The van der Waals surface area contributed by atoms with Crippen LogP contribution in [0, 0.1) is 6.58 Å². The number of hydrogen-bond donors (Lipinski definition) is 0. The summed E-state index contributed by atoms with van der Waals surface area (Å²) in [5.74, 6) is 0. The molecule has 0 aromatic heterocycles. The minimum Gasteiger partial charge on any atom is -0.339 e. The van der Waals surface area contributed by atoms with Gasteiger partial charge in [-0.25, -0.2) is 6.58 Å². The third-order valence-electron chi connectivity index (χ3n) is 0.167. The van der Waals surface area contributed by atoms with Crippen LogP contribution in [0.1, 0.15) is 6.92 Å². The average Bonchev–Trinajstić information content (AvgIpc) is 1.37. The van der Waals surface area contributed by atoms with Crippen molar-refractivity contribution in [3.8, 4) is 0 Å². The topological polar surface area (TPSA) is 0 Å². The first-order chi connectivity index (χ1) is 1.91. The molecule has 0 unspecified atom stereocenters. The van der Waals surface area contributed by atoms with E-state index in [4.69, 9.17) is 6.58 Å². The Morgan fingerprint density at radius 2 is 2.00 bits per heavy atom. The molecule has 0 aromatic rings. The van der Waals surface area contributed by atoms with Crippen molar-refractivity contribution in [2.24, 2.45) is 0 Å². The molecule has 0 heterocycles. The van der Waals surface area contributed by atoms with Crippen LogP contribution >= 0.6 is 0 Å². The van der Waals surface area contributed by atoms with Gasteiger partial charge in [-0.3, -0.25) is 0 Å². The molecular formula is C4H5Na. The Morgan fingerprint density at radius 1 is 1.80 bits per heavy atom. The summed E-state index contributed by atoms with van der Waals surface area (Å²) in [4.78, 5) is 0. The van der Waals surface area contributed by atoms with Gasteiger partial charge in [0.15, 0.2) is 0 Å². The zero-order chi connectivity index (χ0) is 3.41. The normalized spacial score (nSPS) is 3.40. The van der Waals surface area contributed by atoms with Crippen molar-refractivity contribution in [1.29, 1.82) is 0 Å². The second kappa shape index (κ2) is 8.82. The van der Waals surface area contributed by atoms with Crippen LogP contribution in [0.25, 0.3) is 0 Å². The fourth-order valence-corrected chi connectivity index (χ4v) is 0. The average molecular weight is 76.1 g/mol. The van der Waals surface area contributed by atoms with Crippen LogP contribution in [-0.4, -0.2) is 0 Å². The summed E-state index contributed by atoms with van der Waals surface area (Å²) >= 11 is 0. The Morgan fingerprint density at radius 3 is 2.00 bits per heavy atom. The van der Waals surface area contributed by atoms with Crippen LogP contribution in [-0.2, 0) is 0 Å². The maximum Gasteiger partial charge on any atom is 1.00 e. The smallest absolute Gasteiger partial charge is 0.339 e. The van der Waals surface area contributed by atoms with Gasteiger partial charge in [0.05, 0.1) is 0 Å². The molecule has 0 amide bonds. The Labute approximate surface area is 54.9 Å². The summed E-state index contributed by atoms with van der Waals surface area (Å²) < 4.78 is 0. The molecule has 0 rings (SSSR count). The van der Waals surface area contributed by atoms with E-state index in [1.165, 1.54) is 0 Å². The van der Waals surface area contributed by atoms with E-state index in [1.807, 2.05) is 6.92 Å². The van der Waals surface area contributed by atoms with E-state index in [1.54, 1.807) is 6.08 Å². The van der Waals surface area contributed by atoms with Crippen LogP contribution in [0.3, 0.4) is 0 Å². The number of hydrogen-bond acceptors (Lipinski definition) is 0. The molecule has 22 valence electrons. The van der Waals surface area contributed by atoms with Crippen molar-refractivity contribution in [2.75, 3.05) is 0 Å². The van der Waals surface area contributed by atoms with E-state index < -0.39 is 0 Å². The summed E-state index contributed by atoms with van der Waals surface area (Å²) in [6.45, 7) is 6.54. The molecule has 5 heavy (non-hydrogen) atoms. The van der Waals surface area contributed by atoms with E-state index in [2.05, 4.69) is 5.73 Å². The van der Waals surface area contributed by atoms with Gasteiger partial charge in [-0.05, 0) is 0 Å². The summed E-state index contributed by atoms with van der Waals surface area (Å²) in [7, 11) is 0. The molecule has 0 aliphatic carbocycles. The minimum atomic E-state index is 0. The molecule has 0 bridgehead atoms. The van der Waals surface area contributed by atoms with E-state index in [0.29, 0.717) is 0 Å². The van der Waals surface area contributed by atoms with Crippen molar-refractivity contribution in [2.45, 2.75) is 6.92 Å². The predicted molar refractivity (Wildman–Crippen MR) is 18.1 cm³/mol. The Balaban J connectivity index is 0. The molecule has 0 N–H and O–H groups in total. The van der Waals surface area contributed by atoms with Gasteiger partial charge >= 0.3 is 29.6 Å². The maximum absolute atomic E-state index is 4.72. The van der Waals surface area contributed by atoms with Crippen LogP contribution in [0.5, 0.6) is 0 Å². The van der Waals surface area contributed by atoms with E-state index in [0.717, 1.165) is 0 Å². The first-order valence-corrected chi connectivity index (χ1v) is 1.15. The molecule has 0 aliphatic heterocycles. The van der Waals surface area contributed by atoms with Gasteiger partial charge in [-0.2, -0.15) is 6.08 Å². The van der Waals surface area contributed by atoms with Gasteiger partial charge < -0.3 is 5.73 Å². The molecule has 1 heteroatoms. The van der Waals surface area contributed by atoms with Gasteiger partial charge in [0.25, 0.3) is 0 Å². The number of allylic oxidation sites excluding steroid dienone is 1. The van der Waals surface area contributed by atoms with Gasteiger partial charge in [-0.1, -0.05) is 0 Å². The maximum atomic E-state index is 4.72. The standard InChI is InChI=1S/C4H5.Na/c1-3-4-2;/h1,4H,2H3;/q-1;+1. The van der Waals surface area contributed by atoms with Crippen LogP contribution in [0.2, 0.25) is 0 Å². The molecule has 0 nitrogen and oxygen atoms in total. The molecule has 0 aromatic carbocycles. The zero-order valence-corrected chi connectivity index (χ0v) is 5.65. The molecule has 0 saturated heterocycles. The molecule has 0 fully saturated rings. The van der Waals surface area contributed by atoms with Gasteiger partial charge in [0, 0.05) is 0 Å². The SMILES string of the molecule is [CH-]=C=CC.[Na+]. The summed E-state index contributed by atoms with van der Waals surface area (Å²) in [6.07, 6.45) is 1.65. The van der Waals surface area contributed by atoms with Crippen LogP contribution < -0.4 is 29.6 Å². The first kappa shape index (κ1) is 9.10. The Hall–Kier alpha value is 0.520. The van der Waals surface area contributed by atoms with Crippen molar-refractivity contribution in [3.05, 3.63) is 18.4 Å². The third-order valence-corrected chi connectivity index (χ3v) is 0.167. The van der Waals surface area contributed by atoms with Gasteiger partial charge in [-0.15, -0.1) is 6.92 Å². The molecule has 0 atom stereocenters. The third kappa shape index (κ3) is 12.4. The fourth-order valence-electron chi connectivity index (χ4n) is 0. The Bertz CT molecular complexity index is 41.6. The second-order valence-electron chi connectivity index (χ2n) is 0.455. The summed E-state index contributed by atoms with van der Waals surface area (Å²) in [5.41, 5.74) is 2.31. The largest absolute Gasteiger partial charge is 1.00 e.